The van der Waals surface area contributed by atoms with E-state index in [-0.39, 0.29) is 0 Å². The van der Waals surface area contributed by atoms with Gasteiger partial charge in [0.1, 0.15) is 0 Å². The van der Waals surface area contributed by atoms with Gasteiger partial charge in [-0.3, -0.25) is 4.99 Å². The summed E-state index contributed by atoms with van der Waals surface area (Å²) >= 11 is 0. The van der Waals surface area contributed by atoms with Crippen molar-refractivity contribution in [2.75, 3.05) is 59.5 Å². The van der Waals surface area contributed by atoms with Crippen LogP contribution in [0, 0.1) is 11.8 Å². The molecule has 0 amide bonds. The molecule has 2 aliphatic heterocycles. The summed E-state index contributed by atoms with van der Waals surface area (Å²) in [4.78, 5) is 9.95. The lowest BCUT2D eigenvalue weighted by molar-refractivity contribution is 0.121. The molecule has 0 aromatic carbocycles. The third-order valence-corrected chi connectivity index (χ3v) is 5.11. The molecular formula is C18H36N4O. The number of aliphatic imine (C=N–C) groups is 1. The Morgan fingerprint density at radius 3 is 2.65 bits per heavy atom. The van der Waals surface area contributed by atoms with Crippen molar-refractivity contribution in [1.82, 2.24) is 15.1 Å². The minimum atomic E-state index is 0.740. The van der Waals surface area contributed by atoms with Gasteiger partial charge in [0.2, 0.25) is 0 Å². The van der Waals surface area contributed by atoms with E-state index < -0.39 is 0 Å². The number of hydrogen-bond acceptors (Lipinski definition) is 3. The maximum Gasteiger partial charge on any atom is 0.193 e. The van der Waals surface area contributed by atoms with E-state index in [0.29, 0.717) is 0 Å². The highest BCUT2D eigenvalue weighted by Gasteiger charge is 2.21. The minimum absolute atomic E-state index is 0.740. The molecule has 1 unspecified atom stereocenters. The molecule has 0 radical (unpaired) electrons. The molecule has 0 bridgehead atoms. The van der Waals surface area contributed by atoms with Crippen molar-refractivity contribution in [3.05, 3.63) is 0 Å². The first-order chi connectivity index (χ1) is 11.2. The molecular weight excluding hydrogens is 288 g/mol. The largest absolute Gasteiger partial charge is 0.383 e. The number of hydrogen-bond donors (Lipinski definition) is 1. The van der Waals surface area contributed by atoms with Crippen LogP contribution >= 0.6 is 0 Å². The zero-order chi connectivity index (χ0) is 16.5. The molecule has 1 N–H and O–H groups in total. The summed E-state index contributed by atoms with van der Waals surface area (Å²) < 4.78 is 5.18. The minimum Gasteiger partial charge on any atom is -0.383 e. The van der Waals surface area contributed by atoms with Crippen LogP contribution in [0.1, 0.15) is 39.5 Å². The molecule has 134 valence electrons. The van der Waals surface area contributed by atoms with Crippen molar-refractivity contribution in [2.24, 2.45) is 16.8 Å². The van der Waals surface area contributed by atoms with Crippen LogP contribution in [0.2, 0.25) is 0 Å². The van der Waals surface area contributed by atoms with Gasteiger partial charge in [-0.2, -0.15) is 0 Å². The Labute approximate surface area is 142 Å². The molecule has 23 heavy (non-hydrogen) atoms. The fourth-order valence-electron chi connectivity index (χ4n) is 3.64. The van der Waals surface area contributed by atoms with Crippen molar-refractivity contribution < 1.29 is 4.74 Å². The van der Waals surface area contributed by atoms with Gasteiger partial charge in [0, 0.05) is 39.8 Å². The number of ether oxygens (including phenoxy) is 1. The number of guanidine groups is 1. The third-order valence-electron chi connectivity index (χ3n) is 5.11. The van der Waals surface area contributed by atoms with E-state index in [2.05, 4.69) is 29.0 Å². The number of nitrogens with zero attached hydrogens (tertiary/aromatic N) is 3. The van der Waals surface area contributed by atoms with E-state index in [4.69, 9.17) is 9.73 Å². The fourth-order valence-corrected chi connectivity index (χ4v) is 3.64. The maximum atomic E-state index is 5.18. The van der Waals surface area contributed by atoms with E-state index in [0.717, 1.165) is 57.1 Å². The van der Waals surface area contributed by atoms with Gasteiger partial charge in [0.15, 0.2) is 5.96 Å². The summed E-state index contributed by atoms with van der Waals surface area (Å²) in [5.74, 6) is 2.67. The first kappa shape index (κ1) is 18.5. The SMILES string of the molecule is CCNC(=NCC1CCN(CCOC)CC1)N1CCCC(C)C1. The van der Waals surface area contributed by atoms with Crippen LogP contribution in [-0.2, 0) is 4.74 Å². The Morgan fingerprint density at radius 1 is 1.22 bits per heavy atom. The Hall–Kier alpha value is -0.810. The van der Waals surface area contributed by atoms with Crippen LogP contribution < -0.4 is 5.32 Å². The smallest absolute Gasteiger partial charge is 0.193 e. The van der Waals surface area contributed by atoms with E-state index in [9.17, 15) is 0 Å². The highest BCUT2D eigenvalue weighted by Crippen LogP contribution is 2.19. The second kappa shape index (κ2) is 10.1. The van der Waals surface area contributed by atoms with Gasteiger partial charge in [0.05, 0.1) is 6.61 Å². The molecule has 2 heterocycles. The van der Waals surface area contributed by atoms with Gasteiger partial charge in [-0.15, -0.1) is 0 Å². The average molecular weight is 325 g/mol. The first-order valence-corrected chi connectivity index (χ1v) is 9.47. The summed E-state index contributed by atoms with van der Waals surface area (Å²) in [6.07, 6.45) is 5.19. The molecule has 2 saturated heterocycles. The fraction of sp³-hybridized carbons (Fsp3) is 0.944. The number of likely N-dealkylation sites (tertiary alicyclic amines) is 2. The Balaban J connectivity index is 1.79. The molecule has 5 heteroatoms. The molecule has 2 aliphatic rings. The molecule has 0 aliphatic carbocycles. The average Bonchev–Trinajstić information content (AvgIpc) is 2.57. The van der Waals surface area contributed by atoms with E-state index in [1.807, 2.05) is 0 Å². The lowest BCUT2D eigenvalue weighted by Crippen LogP contribution is -2.46. The summed E-state index contributed by atoms with van der Waals surface area (Å²) in [6.45, 7) is 13.1. The quantitative estimate of drug-likeness (QED) is 0.600. The monoisotopic (exact) mass is 324 g/mol. The molecule has 0 saturated carbocycles. The molecule has 0 aromatic rings. The highest BCUT2D eigenvalue weighted by molar-refractivity contribution is 5.80. The van der Waals surface area contributed by atoms with Crippen LogP contribution in [0.4, 0.5) is 0 Å². The molecule has 0 aromatic heterocycles. The van der Waals surface area contributed by atoms with Gasteiger partial charge < -0.3 is 19.9 Å². The van der Waals surface area contributed by atoms with Crippen molar-refractivity contribution in [3.63, 3.8) is 0 Å². The zero-order valence-electron chi connectivity index (χ0n) is 15.4. The van der Waals surface area contributed by atoms with Crippen LogP contribution in [0.5, 0.6) is 0 Å². The Bertz CT molecular complexity index is 353. The van der Waals surface area contributed by atoms with Gasteiger partial charge in [-0.25, -0.2) is 0 Å². The van der Waals surface area contributed by atoms with Crippen molar-refractivity contribution >= 4 is 5.96 Å². The van der Waals surface area contributed by atoms with E-state index >= 15 is 0 Å². The van der Waals surface area contributed by atoms with Crippen LogP contribution in [0.25, 0.3) is 0 Å². The molecule has 1 atom stereocenters. The number of rotatable bonds is 6. The molecule has 2 rings (SSSR count). The number of methoxy groups -OCH3 is 1. The Kier molecular flexibility index (Phi) is 8.17. The summed E-state index contributed by atoms with van der Waals surface area (Å²) in [5.41, 5.74) is 0. The summed E-state index contributed by atoms with van der Waals surface area (Å²) in [7, 11) is 1.78. The summed E-state index contributed by atoms with van der Waals surface area (Å²) in [5, 5.41) is 3.50. The normalized spacial score (nSPS) is 24.9. The lowest BCUT2D eigenvalue weighted by atomic mass is 9.97. The van der Waals surface area contributed by atoms with Gasteiger partial charge in [-0.1, -0.05) is 6.92 Å². The number of piperidine rings is 2. The third kappa shape index (κ3) is 6.30. The topological polar surface area (TPSA) is 40.1 Å². The lowest BCUT2D eigenvalue weighted by Gasteiger charge is -2.34. The van der Waals surface area contributed by atoms with E-state index in [1.54, 1.807) is 7.11 Å². The predicted octanol–water partition coefficient (Wildman–Crippen LogP) is 2.04. The summed E-state index contributed by atoms with van der Waals surface area (Å²) in [6, 6.07) is 0. The standard InChI is InChI=1S/C18H36N4O/c1-4-19-18(22-9-5-6-16(2)15-22)20-14-17-7-10-21(11-8-17)12-13-23-3/h16-17H,4-15H2,1-3H3,(H,19,20). The van der Waals surface area contributed by atoms with Gasteiger partial charge in [0.25, 0.3) is 0 Å². The van der Waals surface area contributed by atoms with Crippen molar-refractivity contribution in [2.45, 2.75) is 39.5 Å². The van der Waals surface area contributed by atoms with Crippen LogP contribution in [-0.4, -0.2) is 75.3 Å². The zero-order valence-corrected chi connectivity index (χ0v) is 15.4. The van der Waals surface area contributed by atoms with Crippen LogP contribution in [0.3, 0.4) is 0 Å². The van der Waals surface area contributed by atoms with Crippen molar-refractivity contribution in [3.8, 4) is 0 Å². The Morgan fingerprint density at radius 2 is 2.00 bits per heavy atom. The molecule has 0 spiro atoms. The second-order valence-electron chi connectivity index (χ2n) is 7.17. The predicted molar refractivity (Wildman–Crippen MR) is 97.0 cm³/mol. The maximum absolute atomic E-state index is 5.18. The van der Waals surface area contributed by atoms with Gasteiger partial charge >= 0.3 is 0 Å². The molecule has 5 nitrogen and oxygen atoms in total. The first-order valence-electron chi connectivity index (χ1n) is 9.47. The van der Waals surface area contributed by atoms with Crippen LogP contribution in [0.15, 0.2) is 4.99 Å². The highest BCUT2D eigenvalue weighted by atomic mass is 16.5. The van der Waals surface area contributed by atoms with E-state index in [1.165, 1.54) is 38.8 Å². The second-order valence-corrected chi connectivity index (χ2v) is 7.17. The molecule has 2 fully saturated rings. The number of nitrogens with one attached hydrogen (secondary N) is 1. The van der Waals surface area contributed by atoms with Crippen molar-refractivity contribution in [1.29, 1.82) is 0 Å². The van der Waals surface area contributed by atoms with Gasteiger partial charge in [-0.05, 0) is 57.5 Å².